The van der Waals surface area contributed by atoms with Crippen LogP contribution in [0.3, 0.4) is 0 Å². The fraction of sp³-hybridized carbons (Fsp3) is 1.00. The molecule has 0 aliphatic heterocycles. The van der Waals surface area contributed by atoms with Crippen molar-refractivity contribution in [3.63, 3.8) is 0 Å². The molecule has 1 saturated carbocycles. The Labute approximate surface area is 83.0 Å². The predicted octanol–water partition coefficient (Wildman–Crippen LogP) is 3.16. The molecule has 0 aromatic heterocycles. The van der Waals surface area contributed by atoms with Crippen molar-refractivity contribution in [2.24, 2.45) is 0 Å². The molecular formula is C9H17IO. The summed E-state index contributed by atoms with van der Waals surface area (Å²) in [5.74, 6) is 0. The molecule has 0 amide bonds. The van der Waals surface area contributed by atoms with Crippen molar-refractivity contribution in [1.29, 1.82) is 0 Å². The lowest BCUT2D eigenvalue weighted by molar-refractivity contribution is 0.0368. The Morgan fingerprint density at radius 2 is 2.09 bits per heavy atom. The third-order valence-electron chi connectivity index (χ3n) is 2.16. The molecular weight excluding hydrogens is 251 g/mol. The molecule has 0 radical (unpaired) electrons. The van der Waals surface area contributed by atoms with Gasteiger partial charge in [-0.25, -0.2) is 0 Å². The summed E-state index contributed by atoms with van der Waals surface area (Å²) in [6.07, 6.45) is 7.12. The van der Waals surface area contributed by atoms with E-state index in [9.17, 15) is 0 Å². The quantitative estimate of drug-likeness (QED) is 0.564. The first-order chi connectivity index (χ1) is 5.34. The first kappa shape index (κ1) is 9.78. The molecule has 1 aliphatic carbocycles. The normalized spacial score (nSPS) is 32.2. The minimum Gasteiger partial charge on any atom is -0.377 e. The molecule has 1 aliphatic rings. The summed E-state index contributed by atoms with van der Waals surface area (Å²) in [5.41, 5.74) is 0. The number of alkyl halides is 1. The van der Waals surface area contributed by atoms with Gasteiger partial charge in [0.15, 0.2) is 0 Å². The van der Waals surface area contributed by atoms with Gasteiger partial charge in [0, 0.05) is 10.5 Å². The Bertz CT molecular complexity index is 106. The van der Waals surface area contributed by atoms with Crippen LogP contribution in [0.4, 0.5) is 0 Å². The van der Waals surface area contributed by atoms with Crippen molar-refractivity contribution in [1.82, 2.24) is 0 Å². The zero-order valence-electron chi connectivity index (χ0n) is 7.18. The van der Waals surface area contributed by atoms with Gasteiger partial charge in [0.05, 0.1) is 6.10 Å². The predicted molar refractivity (Wildman–Crippen MR) is 56.3 cm³/mol. The van der Waals surface area contributed by atoms with Crippen LogP contribution in [0, 0.1) is 0 Å². The van der Waals surface area contributed by atoms with E-state index in [1.54, 1.807) is 0 Å². The molecule has 1 fully saturated rings. The van der Waals surface area contributed by atoms with E-state index in [4.69, 9.17) is 4.74 Å². The van der Waals surface area contributed by atoms with Gasteiger partial charge in [-0.1, -0.05) is 42.4 Å². The number of rotatable bonds is 3. The van der Waals surface area contributed by atoms with Gasteiger partial charge in [-0.05, 0) is 19.3 Å². The van der Waals surface area contributed by atoms with E-state index in [1.807, 2.05) is 0 Å². The number of hydrogen-bond acceptors (Lipinski definition) is 1. The highest BCUT2D eigenvalue weighted by Gasteiger charge is 2.22. The zero-order valence-corrected chi connectivity index (χ0v) is 9.34. The van der Waals surface area contributed by atoms with Crippen molar-refractivity contribution in [3.8, 4) is 0 Å². The molecule has 0 heterocycles. The van der Waals surface area contributed by atoms with Crippen molar-refractivity contribution in [3.05, 3.63) is 0 Å². The number of ether oxygens (including phenoxy) is 1. The van der Waals surface area contributed by atoms with Gasteiger partial charge in [-0.15, -0.1) is 0 Å². The molecule has 0 saturated heterocycles. The van der Waals surface area contributed by atoms with E-state index < -0.39 is 0 Å². The first-order valence-electron chi connectivity index (χ1n) is 4.60. The van der Waals surface area contributed by atoms with Gasteiger partial charge in [-0.3, -0.25) is 0 Å². The summed E-state index contributed by atoms with van der Waals surface area (Å²) in [6, 6.07) is 0. The van der Waals surface area contributed by atoms with Crippen LogP contribution < -0.4 is 0 Å². The van der Waals surface area contributed by atoms with Crippen LogP contribution in [0.2, 0.25) is 0 Å². The van der Waals surface area contributed by atoms with Crippen molar-refractivity contribution < 1.29 is 4.74 Å². The molecule has 0 bridgehead atoms. The summed E-state index contributed by atoms with van der Waals surface area (Å²) in [5, 5.41) is 0. The van der Waals surface area contributed by atoms with Gasteiger partial charge in [0.25, 0.3) is 0 Å². The van der Waals surface area contributed by atoms with Gasteiger partial charge < -0.3 is 4.74 Å². The van der Waals surface area contributed by atoms with Crippen LogP contribution in [0.5, 0.6) is 0 Å². The van der Waals surface area contributed by atoms with Crippen LogP contribution in [-0.2, 0) is 4.74 Å². The average molecular weight is 268 g/mol. The Balaban J connectivity index is 2.18. The third-order valence-corrected chi connectivity index (χ3v) is 3.58. The van der Waals surface area contributed by atoms with Crippen LogP contribution in [-0.4, -0.2) is 16.6 Å². The van der Waals surface area contributed by atoms with Crippen molar-refractivity contribution in [2.75, 3.05) is 6.61 Å². The average Bonchev–Trinajstić information content (AvgIpc) is 2.03. The second-order valence-corrected chi connectivity index (χ2v) is 4.81. The van der Waals surface area contributed by atoms with Gasteiger partial charge >= 0.3 is 0 Å². The second-order valence-electron chi connectivity index (χ2n) is 3.21. The lowest BCUT2D eigenvalue weighted by Crippen LogP contribution is -2.27. The maximum atomic E-state index is 5.74. The Morgan fingerprint density at radius 1 is 1.36 bits per heavy atom. The summed E-state index contributed by atoms with van der Waals surface area (Å²) in [6.45, 7) is 3.12. The first-order valence-corrected chi connectivity index (χ1v) is 5.85. The highest BCUT2D eigenvalue weighted by Crippen LogP contribution is 2.27. The largest absolute Gasteiger partial charge is 0.377 e. The molecule has 2 unspecified atom stereocenters. The summed E-state index contributed by atoms with van der Waals surface area (Å²) in [4.78, 5) is 0. The summed E-state index contributed by atoms with van der Waals surface area (Å²) >= 11 is 2.53. The van der Waals surface area contributed by atoms with Gasteiger partial charge in [0.2, 0.25) is 0 Å². The number of halogens is 1. The molecule has 0 N–H and O–H groups in total. The van der Waals surface area contributed by atoms with Crippen LogP contribution in [0.25, 0.3) is 0 Å². The lowest BCUT2D eigenvalue weighted by Gasteiger charge is -2.27. The Hall–Kier alpha value is 0.690. The highest BCUT2D eigenvalue weighted by molar-refractivity contribution is 14.1. The van der Waals surface area contributed by atoms with Gasteiger partial charge in [-0.2, -0.15) is 0 Å². The minimum atomic E-state index is 0.560. The van der Waals surface area contributed by atoms with Crippen LogP contribution in [0.1, 0.15) is 39.0 Å². The van der Waals surface area contributed by atoms with Gasteiger partial charge in [0.1, 0.15) is 0 Å². The minimum absolute atomic E-state index is 0.560. The second kappa shape index (κ2) is 5.36. The molecule has 0 aromatic carbocycles. The zero-order chi connectivity index (χ0) is 8.10. The Kier molecular flexibility index (Phi) is 4.76. The standard InChI is InChI=1S/C9H17IO/c1-2-7-11-9-6-4-3-5-8(9)10/h8-9H,2-7H2,1H3. The molecule has 66 valence electrons. The summed E-state index contributed by atoms with van der Waals surface area (Å²) in [7, 11) is 0. The maximum absolute atomic E-state index is 5.74. The van der Waals surface area contributed by atoms with Crippen LogP contribution in [0.15, 0.2) is 0 Å². The monoisotopic (exact) mass is 268 g/mol. The van der Waals surface area contributed by atoms with E-state index >= 15 is 0 Å². The fourth-order valence-corrected chi connectivity index (χ4v) is 2.52. The van der Waals surface area contributed by atoms with E-state index in [-0.39, 0.29) is 0 Å². The molecule has 2 heteroatoms. The van der Waals surface area contributed by atoms with Crippen molar-refractivity contribution >= 4 is 22.6 Å². The highest BCUT2D eigenvalue weighted by atomic mass is 127. The molecule has 1 nitrogen and oxygen atoms in total. The van der Waals surface area contributed by atoms with E-state index in [2.05, 4.69) is 29.5 Å². The van der Waals surface area contributed by atoms with E-state index in [0.717, 1.165) is 17.0 Å². The molecule has 11 heavy (non-hydrogen) atoms. The lowest BCUT2D eigenvalue weighted by atomic mass is 9.98. The molecule has 2 atom stereocenters. The maximum Gasteiger partial charge on any atom is 0.0692 e. The molecule has 0 spiro atoms. The Morgan fingerprint density at radius 3 is 2.73 bits per heavy atom. The smallest absolute Gasteiger partial charge is 0.0692 e. The van der Waals surface area contributed by atoms with E-state index in [1.165, 1.54) is 25.7 Å². The SMILES string of the molecule is CCCOC1CCCCC1I. The van der Waals surface area contributed by atoms with Crippen molar-refractivity contribution in [2.45, 2.75) is 49.1 Å². The van der Waals surface area contributed by atoms with Crippen LogP contribution >= 0.6 is 22.6 Å². The number of hydrogen-bond donors (Lipinski definition) is 0. The fourth-order valence-electron chi connectivity index (χ4n) is 1.51. The molecule has 1 rings (SSSR count). The molecule has 0 aromatic rings. The third kappa shape index (κ3) is 3.28. The summed E-state index contributed by atoms with van der Waals surface area (Å²) < 4.78 is 6.51. The van der Waals surface area contributed by atoms with E-state index in [0.29, 0.717) is 6.10 Å². The topological polar surface area (TPSA) is 9.23 Å².